The SMILES string of the molecule is CC(C)COc1ccc(NC(=O)CCNS(=O)(=O)c2ccccc2)cc1Cl. The molecule has 2 aromatic rings. The number of halogens is 1. The Morgan fingerprint density at radius 2 is 1.85 bits per heavy atom. The van der Waals surface area contributed by atoms with Crippen LogP contribution in [0.5, 0.6) is 5.75 Å². The number of hydrogen-bond donors (Lipinski definition) is 2. The van der Waals surface area contributed by atoms with Gasteiger partial charge in [-0.3, -0.25) is 4.79 Å². The van der Waals surface area contributed by atoms with E-state index in [0.29, 0.717) is 29.0 Å². The fraction of sp³-hybridized carbons (Fsp3) is 0.316. The molecule has 0 atom stereocenters. The van der Waals surface area contributed by atoms with E-state index in [1.54, 1.807) is 36.4 Å². The second-order valence-corrected chi connectivity index (χ2v) is 8.53. The van der Waals surface area contributed by atoms with Gasteiger partial charge < -0.3 is 10.1 Å². The number of ether oxygens (including phenoxy) is 1. The third-order valence-electron chi connectivity index (χ3n) is 3.49. The minimum Gasteiger partial charge on any atom is -0.492 e. The highest BCUT2D eigenvalue weighted by Gasteiger charge is 2.13. The Labute approximate surface area is 164 Å². The molecule has 0 heterocycles. The van der Waals surface area contributed by atoms with Crippen LogP contribution in [0.25, 0.3) is 0 Å². The standard InChI is InChI=1S/C19H23ClN2O4S/c1-14(2)13-26-18-9-8-15(12-17(18)20)22-19(23)10-11-21-27(24,25)16-6-4-3-5-7-16/h3-9,12,14,21H,10-11,13H2,1-2H3,(H,22,23). The lowest BCUT2D eigenvalue weighted by atomic mass is 10.2. The fourth-order valence-corrected chi connectivity index (χ4v) is 3.45. The van der Waals surface area contributed by atoms with Crippen molar-refractivity contribution in [1.82, 2.24) is 4.72 Å². The van der Waals surface area contributed by atoms with E-state index in [1.807, 2.05) is 13.8 Å². The van der Waals surface area contributed by atoms with Crippen LogP contribution < -0.4 is 14.8 Å². The number of benzene rings is 2. The van der Waals surface area contributed by atoms with Crippen LogP contribution in [0.15, 0.2) is 53.4 Å². The van der Waals surface area contributed by atoms with Gasteiger partial charge in [0.1, 0.15) is 5.75 Å². The molecule has 146 valence electrons. The summed E-state index contributed by atoms with van der Waals surface area (Å²) in [5.41, 5.74) is 0.521. The molecule has 0 aliphatic heterocycles. The highest BCUT2D eigenvalue weighted by molar-refractivity contribution is 7.89. The molecule has 0 unspecified atom stereocenters. The Morgan fingerprint density at radius 1 is 1.15 bits per heavy atom. The third kappa shape index (κ3) is 6.86. The molecule has 2 rings (SSSR count). The van der Waals surface area contributed by atoms with E-state index in [-0.39, 0.29) is 23.8 Å². The summed E-state index contributed by atoms with van der Waals surface area (Å²) in [4.78, 5) is 12.2. The van der Waals surface area contributed by atoms with E-state index in [9.17, 15) is 13.2 Å². The maximum Gasteiger partial charge on any atom is 0.240 e. The Balaban J connectivity index is 1.84. The predicted octanol–water partition coefficient (Wildman–Crippen LogP) is 3.68. The van der Waals surface area contributed by atoms with Gasteiger partial charge in [0.25, 0.3) is 0 Å². The molecule has 0 saturated carbocycles. The Kier molecular flexibility index (Phi) is 7.65. The van der Waals surface area contributed by atoms with Crippen molar-refractivity contribution in [2.75, 3.05) is 18.5 Å². The number of sulfonamides is 1. The maximum absolute atomic E-state index is 12.1. The number of carbonyl (C=O) groups is 1. The minimum atomic E-state index is -3.62. The third-order valence-corrected chi connectivity index (χ3v) is 5.26. The molecule has 0 aliphatic rings. The van der Waals surface area contributed by atoms with E-state index in [1.165, 1.54) is 12.1 Å². The van der Waals surface area contributed by atoms with Crippen molar-refractivity contribution in [3.8, 4) is 5.75 Å². The van der Waals surface area contributed by atoms with Crippen molar-refractivity contribution in [3.63, 3.8) is 0 Å². The maximum atomic E-state index is 12.1. The van der Waals surface area contributed by atoms with Crippen molar-refractivity contribution < 1.29 is 17.9 Å². The van der Waals surface area contributed by atoms with Gasteiger partial charge in [-0.05, 0) is 36.2 Å². The largest absolute Gasteiger partial charge is 0.492 e. The van der Waals surface area contributed by atoms with Gasteiger partial charge in [-0.25, -0.2) is 13.1 Å². The lowest BCUT2D eigenvalue weighted by Crippen LogP contribution is -2.27. The van der Waals surface area contributed by atoms with E-state index in [0.717, 1.165) is 0 Å². The average molecular weight is 411 g/mol. The van der Waals surface area contributed by atoms with Gasteiger partial charge in [0, 0.05) is 18.7 Å². The molecule has 2 aromatic carbocycles. The first-order valence-electron chi connectivity index (χ1n) is 8.55. The van der Waals surface area contributed by atoms with Gasteiger partial charge in [-0.15, -0.1) is 0 Å². The fourth-order valence-electron chi connectivity index (χ4n) is 2.16. The molecule has 0 radical (unpaired) electrons. The molecular formula is C19H23ClN2O4S. The first kappa shape index (κ1) is 21.2. The lowest BCUT2D eigenvalue weighted by Gasteiger charge is -2.12. The summed E-state index contributed by atoms with van der Waals surface area (Å²) in [6.45, 7) is 4.61. The summed E-state index contributed by atoms with van der Waals surface area (Å²) < 4.78 is 32.2. The van der Waals surface area contributed by atoms with Crippen LogP contribution in [0.4, 0.5) is 5.69 Å². The molecule has 0 aliphatic carbocycles. The molecule has 2 N–H and O–H groups in total. The number of amides is 1. The zero-order chi connectivity index (χ0) is 19.9. The van der Waals surface area contributed by atoms with Gasteiger partial charge in [0.2, 0.25) is 15.9 Å². The molecule has 0 bridgehead atoms. The van der Waals surface area contributed by atoms with Crippen LogP contribution in [0.1, 0.15) is 20.3 Å². The molecule has 27 heavy (non-hydrogen) atoms. The summed E-state index contributed by atoms with van der Waals surface area (Å²) in [5.74, 6) is 0.608. The molecule has 8 heteroatoms. The molecule has 0 spiro atoms. The van der Waals surface area contributed by atoms with E-state index >= 15 is 0 Å². The first-order chi connectivity index (χ1) is 12.8. The predicted molar refractivity (Wildman–Crippen MR) is 107 cm³/mol. The zero-order valence-electron chi connectivity index (χ0n) is 15.2. The van der Waals surface area contributed by atoms with Crippen LogP contribution in [0, 0.1) is 5.92 Å². The van der Waals surface area contributed by atoms with Gasteiger partial charge in [-0.2, -0.15) is 0 Å². The summed E-state index contributed by atoms with van der Waals surface area (Å²) in [6, 6.07) is 13.0. The number of anilines is 1. The van der Waals surface area contributed by atoms with Gasteiger partial charge in [0.05, 0.1) is 16.5 Å². The Hall–Kier alpha value is -2.09. The van der Waals surface area contributed by atoms with Gasteiger partial charge >= 0.3 is 0 Å². The highest BCUT2D eigenvalue weighted by atomic mass is 35.5. The van der Waals surface area contributed by atoms with Crippen LogP contribution >= 0.6 is 11.6 Å². The molecular weight excluding hydrogens is 388 g/mol. The number of rotatable bonds is 9. The van der Waals surface area contributed by atoms with E-state index < -0.39 is 10.0 Å². The topological polar surface area (TPSA) is 84.5 Å². The number of carbonyl (C=O) groups excluding carboxylic acids is 1. The Bertz CT molecular complexity index is 871. The van der Waals surface area contributed by atoms with Crippen molar-refractivity contribution in [1.29, 1.82) is 0 Å². The van der Waals surface area contributed by atoms with Crippen molar-refractivity contribution in [2.24, 2.45) is 5.92 Å². The summed E-state index contributed by atoms with van der Waals surface area (Å²) >= 11 is 6.16. The smallest absolute Gasteiger partial charge is 0.240 e. The molecule has 0 fully saturated rings. The van der Waals surface area contributed by atoms with Gasteiger partial charge in [0.15, 0.2) is 0 Å². The minimum absolute atomic E-state index is 0.00468. The zero-order valence-corrected chi connectivity index (χ0v) is 16.8. The van der Waals surface area contributed by atoms with Crippen molar-refractivity contribution in [2.45, 2.75) is 25.2 Å². The molecule has 6 nitrogen and oxygen atoms in total. The van der Waals surface area contributed by atoms with Crippen LogP contribution in [-0.2, 0) is 14.8 Å². The second-order valence-electron chi connectivity index (χ2n) is 6.36. The molecule has 0 aromatic heterocycles. The summed E-state index contributed by atoms with van der Waals surface area (Å²) in [5, 5.41) is 3.09. The normalized spacial score (nSPS) is 11.4. The number of hydrogen-bond acceptors (Lipinski definition) is 4. The van der Waals surface area contributed by atoms with E-state index in [4.69, 9.17) is 16.3 Å². The second kappa shape index (κ2) is 9.73. The van der Waals surface area contributed by atoms with Crippen molar-refractivity contribution >= 4 is 33.2 Å². The quantitative estimate of drug-likeness (QED) is 0.660. The lowest BCUT2D eigenvalue weighted by molar-refractivity contribution is -0.116. The monoisotopic (exact) mass is 410 g/mol. The van der Waals surface area contributed by atoms with Crippen LogP contribution in [0.2, 0.25) is 5.02 Å². The Morgan fingerprint density at radius 3 is 2.48 bits per heavy atom. The number of nitrogens with one attached hydrogen (secondary N) is 2. The molecule has 0 saturated heterocycles. The molecule has 1 amide bonds. The van der Waals surface area contributed by atoms with E-state index in [2.05, 4.69) is 10.0 Å². The summed E-state index contributed by atoms with van der Waals surface area (Å²) in [7, 11) is -3.62. The van der Waals surface area contributed by atoms with Crippen LogP contribution in [-0.4, -0.2) is 27.5 Å². The van der Waals surface area contributed by atoms with Crippen molar-refractivity contribution in [3.05, 3.63) is 53.6 Å². The average Bonchev–Trinajstić information content (AvgIpc) is 2.61. The van der Waals surface area contributed by atoms with Gasteiger partial charge in [-0.1, -0.05) is 43.6 Å². The van der Waals surface area contributed by atoms with Crippen LogP contribution in [0.3, 0.4) is 0 Å². The highest BCUT2D eigenvalue weighted by Crippen LogP contribution is 2.28. The first-order valence-corrected chi connectivity index (χ1v) is 10.4. The summed E-state index contributed by atoms with van der Waals surface area (Å²) in [6.07, 6.45) is -0.00468.